The largest absolute Gasteiger partial charge is 0.317 e. The molecule has 2 bridgehead atoms. The summed E-state index contributed by atoms with van der Waals surface area (Å²) in [5.41, 5.74) is 0. The SMILES string of the molecule is CCN1C2CC(NC)CC1C2. The highest BCUT2D eigenvalue weighted by Crippen LogP contribution is 2.37. The van der Waals surface area contributed by atoms with Crippen LogP contribution in [-0.4, -0.2) is 36.6 Å². The number of rotatable bonds is 2. The molecule has 3 fully saturated rings. The van der Waals surface area contributed by atoms with Crippen LogP contribution in [0, 0.1) is 0 Å². The highest BCUT2D eigenvalue weighted by atomic mass is 15.3. The fraction of sp³-hybridized carbons (Fsp3) is 1.00. The van der Waals surface area contributed by atoms with Crippen LogP contribution in [0.5, 0.6) is 0 Å². The van der Waals surface area contributed by atoms with Gasteiger partial charge in [0.05, 0.1) is 0 Å². The summed E-state index contributed by atoms with van der Waals surface area (Å²) in [4.78, 5) is 2.65. The molecule has 3 aliphatic rings. The van der Waals surface area contributed by atoms with E-state index in [1.54, 1.807) is 0 Å². The maximum absolute atomic E-state index is 3.38. The Morgan fingerprint density at radius 3 is 2.36 bits per heavy atom. The second-order valence-corrected chi connectivity index (χ2v) is 3.83. The lowest BCUT2D eigenvalue weighted by Crippen LogP contribution is -2.63. The van der Waals surface area contributed by atoms with Gasteiger partial charge in [0, 0.05) is 18.1 Å². The lowest BCUT2D eigenvalue weighted by atomic mass is 9.77. The summed E-state index contributed by atoms with van der Waals surface area (Å²) in [5.74, 6) is 0. The maximum atomic E-state index is 3.38. The van der Waals surface area contributed by atoms with Crippen molar-refractivity contribution in [3.05, 3.63) is 0 Å². The van der Waals surface area contributed by atoms with Gasteiger partial charge in [0.2, 0.25) is 0 Å². The number of hydrogen-bond donors (Lipinski definition) is 1. The van der Waals surface area contributed by atoms with Crippen LogP contribution in [0.3, 0.4) is 0 Å². The molecule has 2 atom stereocenters. The fourth-order valence-corrected chi connectivity index (χ4v) is 2.71. The molecule has 1 saturated carbocycles. The first-order valence-corrected chi connectivity index (χ1v) is 4.78. The van der Waals surface area contributed by atoms with E-state index >= 15 is 0 Å². The van der Waals surface area contributed by atoms with Crippen molar-refractivity contribution in [2.24, 2.45) is 0 Å². The number of fused-ring (bicyclic) bond motifs is 2. The van der Waals surface area contributed by atoms with Crippen molar-refractivity contribution in [2.75, 3.05) is 13.6 Å². The van der Waals surface area contributed by atoms with Crippen LogP contribution in [0.4, 0.5) is 0 Å². The van der Waals surface area contributed by atoms with Crippen molar-refractivity contribution in [3.63, 3.8) is 0 Å². The molecule has 3 rings (SSSR count). The van der Waals surface area contributed by atoms with Crippen LogP contribution in [0.1, 0.15) is 26.2 Å². The van der Waals surface area contributed by atoms with Crippen LogP contribution < -0.4 is 5.32 Å². The van der Waals surface area contributed by atoms with Crippen LogP contribution in [0.25, 0.3) is 0 Å². The quantitative estimate of drug-likeness (QED) is 0.634. The molecule has 2 heterocycles. The average molecular weight is 154 g/mol. The maximum Gasteiger partial charge on any atom is 0.0128 e. The normalized spacial score (nSPS) is 43.6. The Labute approximate surface area is 69.0 Å². The minimum Gasteiger partial charge on any atom is -0.317 e. The fourth-order valence-electron chi connectivity index (χ4n) is 2.71. The smallest absolute Gasteiger partial charge is 0.0128 e. The van der Waals surface area contributed by atoms with E-state index in [0.717, 1.165) is 18.1 Å². The first kappa shape index (κ1) is 7.56. The first-order valence-electron chi connectivity index (χ1n) is 4.78. The molecule has 64 valence electrons. The van der Waals surface area contributed by atoms with Crippen molar-refractivity contribution in [2.45, 2.75) is 44.3 Å². The monoisotopic (exact) mass is 154 g/mol. The third kappa shape index (κ3) is 1.09. The predicted molar refractivity (Wildman–Crippen MR) is 46.7 cm³/mol. The second-order valence-electron chi connectivity index (χ2n) is 3.83. The number of hydrogen-bond acceptors (Lipinski definition) is 2. The van der Waals surface area contributed by atoms with E-state index in [1.165, 1.54) is 25.8 Å². The van der Waals surface area contributed by atoms with E-state index in [0.29, 0.717) is 0 Å². The van der Waals surface area contributed by atoms with Crippen LogP contribution in [0.2, 0.25) is 0 Å². The van der Waals surface area contributed by atoms with Crippen LogP contribution in [0.15, 0.2) is 0 Å². The topological polar surface area (TPSA) is 15.3 Å². The van der Waals surface area contributed by atoms with Gasteiger partial charge >= 0.3 is 0 Å². The molecule has 0 spiro atoms. The van der Waals surface area contributed by atoms with Gasteiger partial charge in [-0.25, -0.2) is 0 Å². The Bertz CT molecular complexity index is 134. The van der Waals surface area contributed by atoms with E-state index in [9.17, 15) is 0 Å². The van der Waals surface area contributed by atoms with Gasteiger partial charge in [-0.2, -0.15) is 0 Å². The average Bonchev–Trinajstić information content (AvgIpc) is 2.05. The molecule has 0 radical (unpaired) electrons. The zero-order valence-electron chi connectivity index (χ0n) is 7.51. The summed E-state index contributed by atoms with van der Waals surface area (Å²) >= 11 is 0. The van der Waals surface area contributed by atoms with Crippen molar-refractivity contribution < 1.29 is 0 Å². The number of piperidine rings is 1. The highest BCUT2D eigenvalue weighted by molar-refractivity contribution is 5.01. The zero-order valence-corrected chi connectivity index (χ0v) is 7.51. The van der Waals surface area contributed by atoms with E-state index in [1.807, 2.05) is 0 Å². The molecule has 2 heteroatoms. The van der Waals surface area contributed by atoms with Gasteiger partial charge in [-0.1, -0.05) is 6.92 Å². The summed E-state index contributed by atoms with van der Waals surface area (Å²) < 4.78 is 0. The standard InChI is InChI=1S/C9H18N2/c1-3-11-8-4-7(10-2)5-9(11)6-8/h7-10H,3-6H2,1-2H3. The minimum atomic E-state index is 0.807. The third-order valence-corrected chi connectivity index (χ3v) is 3.37. The zero-order chi connectivity index (χ0) is 7.84. The molecule has 0 aromatic rings. The summed E-state index contributed by atoms with van der Waals surface area (Å²) in [5, 5.41) is 3.38. The molecule has 2 aliphatic heterocycles. The molecule has 2 unspecified atom stereocenters. The highest BCUT2D eigenvalue weighted by Gasteiger charge is 2.43. The van der Waals surface area contributed by atoms with Gasteiger partial charge in [0.1, 0.15) is 0 Å². The molecule has 1 aliphatic carbocycles. The molecule has 2 saturated heterocycles. The lowest BCUT2D eigenvalue weighted by Gasteiger charge is -2.55. The summed E-state index contributed by atoms with van der Waals surface area (Å²) in [6.45, 7) is 3.53. The Hall–Kier alpha value is -0.0800. The Balaban J connectivity index is 1.91. The van der Waals surface area contributed by atoms with Crippen molar-refractivity contribution in [1.29, 1.82) is 0 Å². The number of nitrogens with zero attached hydrogens (tertiary/aromatic N) is 1. The van der Waals surface area contributed by atoms with Crippen molar-refractivity contribution in [1.82, 2.24) is 10.2 Å². The summed E-state index contributed by atoms with van der Waals surface area (Å²) in [7, 11) is 2.09. The minimum absolute atomic E-state index is 0.807. The molecule has 0 amide bonds. The van der Waals surface area contributed by atoms with E-state index < -0.39 is 0 Å². The second kappa shape index (κ2) is 2.76. The predicted octanol–water partition coefficient (Wildman–Crippen LogP) is 0.831. The van der Waals surface area contributed by atoms with Gasteiger partial charge in [0.25, 0.3) is 0 Å². The third-order valence-electron chi connectivity index (χ3n) is 3.37. The molecule has 11 heavy (non-hydrogen) atoms. The van der Waals surface area contributed by atoms with Gasteiger partial charge in [-0.15, -0.1) is 0 Å². The van der Waals surface area contributed by atoms with Gasteiger partial charge in [0.15, 0.2) is 0 Å². The van der Waals surface area contributed by atoms with Crippen molar-refractivity contribution in [3.8, 4) is 0 Å². The van der Waals surface area contributed by atoms with E-state index in [-0.39, 0.29) is 0 Å². The van der Waals surface area contributed by atoms with Gasteiger partial charge in [-0.3, -0.25) is 4.90 Å². The van der Waals surface area contributed by atoms with E-state index in [2.05, 4.69) is 24.2 Å². The molecule has 0 aromatic carbocycles. The molecular weight excluding hydrogens is 136 g/mol. The Morgan fingerprint density at radius 2 is 1.91 bits per heavy atom. The Kier molecular flexibility index (Phi) is 1.90. The van der Waals surface area contributed by atoms with E-state index in [4.69, 9.17) is 0 Å². The first-order chi connectivity index (χ1) is 5.35. The lowest BCUT2D eigenvalue weighted by molar-refractivity contribution is -0.0353. The molecule has 2 nitrogen and oxygen atoms in total. The molecule has 0 aromatic heterocycles. The van der Waals surface area contributed by atoms with Crippen molar-refractivity contribution >= 4 is 0 Å². The van der Waals surface area contributed by atoms with Gasteiger partial charge in [-0.05, 0) is 32.9 Å². The number of nitrogens with one attached hydrogen (secondary N) is 1. The summed E-state index contributed by atoms with van der Waals surface area (Å²) in [6.07, 6.45) is 4.22. The Morgan fingerprint density at radius 1 is 1.27 bits per heavy atom. The van der Waals surface area contributed by atoms with Crippen LogP contribution >= 0.6 is 0 Å². The molecule has 1 N–H and O–H groups in total. The summed E-state index contributed by atoms with van der Waals surface area (Å²) in [6, 6.07) is 2.63. The molecular formula is C9H18N2. The van der Waals surface area contributed by atoms with Crippen LogP contribution in [-0.2, 0) is 0 Å². The van der Waals surface area contributed by atoms with Gasteiger partial charge < -0.3 is 5.32 Å².